The first-order valence-corrected chi connectivity index (χ1v) is 5.33. The predicted octanol–water partition coefficient (Wildman–Crippen LogP) is -0.336. The fourth-order valence-electron chi connectivity index (χ4n) is 1.62. The third-order valence-corrected chi connectivity index (χ3v) is 2.53. The molecule has 1 aliphatic rings. The third kappa shape index (κ3) is 4.07. The maximum atomic E-state index is 11.6. The van der Waals surface area contributed by atoms with Gasteiger partial charge < -0.3 is 15.5 Å². The molecule has 82 valence electrons. The Labute approximate surface area is 86.0 Å². The molecule has 1 aliphatic heterocycles. The van der Waals surface area contributed by atoms with Crippen molar-refractivity contribution in [1.29, 1.82) is 0 Å². The van der Waals surface area contributed by atoms with Crippen molar-refractivity contribution >= 4 is 5.91 Å². The van der Waals surface area contributed by atoms with Gasteiger partial charge in [-0.2, -0.15) is 0 Å². The third-order valence-electron chi connectivity index (χ3n) is 2.53. The lowest BCUT2D eigenvalue weighted by atomic mass is 9.99. The van der Waals surface area contributed by atoms with Crippen LogP contribution in [0.25, 0.3) is 0 Å². The van der Waals surface area contributed by atoms with Gasteiger partial charge in [0.25, 0.3) is 0 Å². The molecule has 1 heterocycles. The van der Waals surface area contributed by atoms with Gasteiger partial charge in [0.05, 0.1) is 5.92 Å². The van der Waals surface area contributed by atoms with E-state index in [0.29, 0.717) is 0 Å². The van der Waals surface area contributed by atoms with Crippen LogP contribution in [0.1, 0.15) is 12.8 Å². The normalized spacial score (nSPS) is 22.4. The summed E-state index contributed by atoms with van der Waals surface area (Å²) in [6, 6.07) is 0. The molecule has 0 aromatic carbocycles. The van der Waals surface area contributed by atoms with Crippen LogP contribution in [0.2, 0.25) is 0 Å². The first-order valence-electron chi connectivity index (χ1n) is 5.33. The Kier molecular flexibility index (Phi) is 4.90. The van der Waals surface area contributed by atoms with Gasteiger partial charge in [-0.3, -0.25) is 4.79 Å². The van der Waals surface area contributed by atoms with E-state index in [-0.39, 0.29) is 11.8 Å². The molecule has 0 saturated carbocycles. The highest BCUT2D eigenvalue weighted by atomic mass is 16.1. The van der Waals surface area contributed by atoms with E-state index >= 15 is 0 Å². The van der Waals surface area contributed by atoms with Crippen LogP contribution >= 0.6 is 0 Å². The molecular weight excluding hydrogens is 178 g/mol. The topological polar surface area (TPSA) is 44.4 Å². The Balaban J connectivity index is 2.13. The number of likely N-dealkylation sites (N-methyl/N-ethyl adjacent to an activating group) is 1. The fourth-order valence-corrected chi connectivity index (χ4v) is 1.62. The van der Waals surface area contributed by atoms with Gasteiger partial charge in [0.2, 0.25) is 5.91 Å². The number of rotatable bonds is 4. The summed E-state index contributed by atoms with van der Waals surface area (Å²) in [5.41, 5.74) is 0. The molecule has 14 heavy (non-hydrogen) atoms. The van der Waals surface area contributed by atoms with Crippen LogP contribution in [0.3, 0.4) is 0 Å². The van der Waals surface area contributed by atoms with Crippen LogP contribution in [0.15, 0.2) is 0 Å². The minimum Gasteiger partial charge on any atom is -0.355 e. The van der Waals surface area contributed by atoms with Crippen molar-refractivity contribution in [2.24, 2.45) is 5.92 Å². The van der Waals surface area contributed by atoms with E-state index in [4.69, 9.17) is 0 Å². The fraction of sp³-hybridized carbons (Fsp3) is 0.900. The van der Waals surface area contributed by atoms with Crippen LogP contribution in [0, 0.1) is 5.92 Å². The second-order valence-electron chi connectivity index (χ2n) is 4.14. The van der Waals surface area contributed by atoms with Gasteiger partial charge in [-0.05, 0) is 33.5 Å². The average Bonchev–Trinajstić information content (AvgIpc) is 2.18. The zero-order valence-electron chi connectivity index (χ0n) is 9.18. The summed E-state index contributed by atoms with van der Waals surface area (Å²) in [5.74, 6) is 0.393. The Morgan fingerprint density at radius 1 is 1.57 bits per heavy atom. The van der Waals surface area contributed by atoms with Gasteiger partial charge in [-0.1, -0.05) is 0 Å². The molecule has 1 amide bonds. The molecule has 4 nitrogen and oxygen atoms in total. The summed E-state index contributed by atoms with van der Waals surface area (Å²) < 4.78 is 0. The van der Waals surface area contributed by atoms with E-state index in [9.17, 15) is 4.79 Å². The molecule has 2 N–H and O–H groups in total. The molecule has 1 saturated heterocycles. The molecule has 0 aromatic rings. The standard InChI is InChI=1S/C10H21N3O/c1-13(2)7-6-12-10(14)9-4-3-5-11-8-9/h9,11H,3-8H2,1-2H3,(H,12,14)/t9-/m1/s1. The van der Waals surface area contributed by atoms with E-state index in [1.807, 2.05) is 14.1 Å². The summed E-state index contributed by atoms with van der Waals surface area (Å²) in [4.78, 5) is 13.7. The van der Waals surface area contributed by atoms with E-state index in [1.165, 1.54) is 0 Å². The van der Waals surface area contributed by atoms with E-state index in [1.54, 1.807) is 0 Å². The Bertz CT molecular complexity index is 176. The number of carbonyl (C=O) groups is 1. The quantitative estimate of drug-likeness (QED) is 0.651. The molecule has 1 atom stereocenters. The summed E-state index contributed by atoms with van der Waals surface area (Å²) in [5, 5.41) is 6.21. The van der Waals surface area contributed by atoms with Crippen LogP contribution in [0.4, 0.5) is 0 Å². The van der Waals surface area contributed by atoms with Crippen molar-refractivity contribution in [3.05, 3.63) is 0 Å². The predicted molar refractivity (Wildman–Crippen MR) is 57.2 cm³/mol. The number of hydrogen-bond acceptors (Lipinski definition) is 3. The van der Waals surface area contributed by atoms with Crippen molar-refractivity contribution in [2.45, 2.75) is 12.8 Å². The summed E-state index contributed by atoms with van der Waals surface area (Å²) in [6.07, 6.45) is 2.15. The second-order valence-corrected chi connectivity index (χ2v) is 4.14. The molecule has 0 bridgehead atoms. The van der Waals surface area contributed by atoms with Gasteiger partial charge in [0.1, 0.15) is 0 Å². The van der Waals surface area contributed by atoms with Crippen molar-refractivity contribution in [3.8, 4) is 0 Å². The zero-order valence-corrected chi connectivity index (χ0v) is 9.18. The lowest BCUT2D eigenvalue weighted by molar-refractivity contribution is -0.125. The molecule has 0 aliphatic carbocycles. The first kappa shape index (κ1) is 11.5. The lowest BCUT2D eigenvalue weighted by Gasteiger charge is -2.22. The van der Waals surface area contributed by atoms with Crippen LogP contribution in [0.5, 0.6) is 0 Å². The van der Waals surface area contributed by atoms with Crippen LogP contribution in [-0.2, 0) is 4.79 Å². The number of carbonyl (C=O) groups excluding carboxylic acids is 1. The van der Waals surface area contributed by atoms with Crippen LogP contribution in [-0.4, -0.2) is 51.1 Å². The Morgan fingerprint density at radius 2 is 2.36 bits per heavy atom. The minimum absolute atomic E-state index is 0.186. The number of nitrogens with zero attached hydrogens (tertiary/aromatic N) is 1. The number of amides is 1. The highest BCUT2D eigenvalue weighted by molar-refractivity contribution is 5.78. The van der Waals surface area contributed by atoms with Crippen molar-refractivity contribution in [1.82, 2.24) is 15.5 Å². The van der Waals surface area contributed by atoms with E-state index < -0.39 is 0 Å². The van der Waals surface area contributed by atoms with Crippen molar-refractivity contribution in [2.75, 3.05) is 40.3 Å². The molecule has 0 unspecified atom stereocenters. The van der Waals surface area contributed by atoms with Gasteiger partial charge in [-0.25, -0.2) is 0 Å². The second kappa shape index (κ2) is 5.98. The number of nitrogens with one attached hydrogen (secondary N) is 2. The van der Waals surface area contributed by atoms with Crippen molar-refractivity contribution < 1.29 is 4.79 Å². The molecule has 0 aromatic heterocycles. The van der Waals surface area contributed by atoms with Gasteiger partial charge in [-0.15, -0.1) is 0 Å². The van der Waals surface area contributed by atoms with Gasteiger partial charge >= 0.3 is 0 Å². The summed E-state index contributed by atoms with van der Waals surface area (Å²) in [6.45, 7) is 3.56. The zero-order chi connectivity index (χ0) is 10.4. The van der Waals surface area contributed by atoms with E-state index in [0.717, 1.165) is 39.0 Å². The molecular formula is C10H21N3O. The van der Waals surface area contributed by atoms with Gasteiger partial charge in [0.15, 0.2) is 0 Å². The molecule has 1 rings (SSSR count). The lowest BCUT2D eigenvalue weighted by Crippen LogP contribution is -2.42. The number of piperidine rings is 1. The highest BCUT2D eigenvalue weighted by Crippen LogP contribution is 2.09. The molecule has 0 spiro atoms. The summed E-state index contributed by atoms with van der Waals surface area (Å²) >= 11 is 0. The molecule has 4 heteroatoms. The minimum atomic E-state index is 0.186. The number of hydrogen-bond donors (Lipinski definition) is 2. The summed E-state index contributed by atoms with van der Waals surface area (Å²) in [7, 11) is 4.02. The largest absolute Gasteiger partial charge is 0.355 e. The first-order chi connectivity index (χ1) is 6.70. The monoisotopic (exact) mass is 199 g/mol. The smallest absolute Gasteiger partial charge is 0.224 e. The van der Waals surface area contributed by atoms with Gasteiger partial charge in [0, 0.05) is 19.6 Å². The molecule has 0 radical (unpaired) electrons. The van der Waals surface area contributed by atoms with Crippen LogP contribution < -0.4 is 10.6 Å². The molecule has 1 fully saturated rings. The maximum Gasteiger partial charge on any atom is 0.224 e. The van der Waals surface area contributed by atoms with Crippen molar-refractivity contribution in [3.63, 3.8) is 0 Å². The Hall–Kier alpha value is -0.610. The SMILES string of the molecule is CN(C)CCNC(=O)[C@@H]1CCCNC1. The van der Waals surface area contributed by atoms with E-state index in [2.05, 4.69) is 15.5 Å². The highest BCUT2D eigenvalue weighted by Gasteiger charge is 2.19. The Morgan fingerprint density at radius 3 is 2.93 bits per heavy atom. The maximum absolute atomic E-state index is 11.6. The average molecular weight is 199 g/mol.